The van der Waals surface area contributed by atoms with Crippen molar-refractivity contribution in [2.45, 2.75) is 60.9 Å². The highest BCUT2D eigenvalue weighted by atomic mass is 16.5. The SMILES string of the molecule is CCOC(=O)[C@@H](NC(=O)[C@H](CC(C)C)[C@H](C)C(=O)NO)C(C)(C)C. The number of rotatable bonds is 8. The second kappa shape index (κ2) is 9.61. The van der Waals surface area contributed by atoms with Gasteiger partial charge in [0.25, 0.3) is 0 Å². The lowest BCUT2D eigenvalue weighted by Crippen LogP contribution is -2.53. The first-order valence-corrected chi connectivity index (χ1v) is 8.36. The van der Waals surface area contributed by atoms with Gasteiger partial charge in [0.1, 0.15) is 6.04 Å². The van der Waals surface area contributed by atoms with Crippen LogP contribution in [0.5, 0.6) is 0 Å². The molecule has 0 radical (unpaired) electrons. The summed E-state index contributed by atoms with van der Waals surface area (Å²) in [5.74, 6) is -2.73. The van der Waals surface area contributed by atoms with E-state index in [0.717, 1.165) is 0 Å². The third-order valence-corrected chi connectivity index (χ3v) is 3.86. The smallest absolute Gasteiger partial charge is 0.329 e. The van der Waals surface area contributed by atoms with E-state index in [9.17, 15) is 14.4 Å². The Hall–Kier alpha value is -1.63. The molecule has 0 aromatic carbocycles. The molecule has 3 atom stereocenters. The summed E-state index contributed by atoms with van der Waals surface area (Å²) in [6.07, 6.45) is 0.458. The number of esters is 1. The topological polar surface area (TPSA) is 105 Å². The highest BCUT2D eigenvalue weighted by Crippen LogP contribution is 2.25. The summed E-state index contributed by atoms with van der Waals surface area (Å²) in [4.78, 5) is 36.6. The molecule has 0 unspecified atom stereocenters. The highest BCUT2D eigenvalue weighted by Gasteiger charge is 2.38. The Balaban J connectivity index is 5.38. The molecule has 0 aliphatic heterocycles. The van der Waals surface area contributed by atoms with E-state index < -0.39 is 41.1 Å². The molecule has 0 saturated carbocycles. The van der Waals surface area contributed by atoms with Gasteiger partial charge in [-0.25, -0.2) is 10.3 Å². The standard InChI is InChI=1S/C17H32N2O5/c1-8-24-16(22)13(17(5,6)7)18-15(21)12(9-10(2)3)11(4)14(20)19-23/h10-13,23H,8-9H2,1-7H3,(H,18,21)(H,19,20)/t11-,12+,13+/m0/s1. The maximum absolute atomic E-state index is 12.7. The van der Waals surface area contributed by atoms with Crippen LogP contribution in [-0.2, 0) is 19.1 Å². The van der Waals surface area contributed by atoms with E-state index >= 15 is 0 Å². The van der Waals surface area contributed by atoms with Crippen molar-refractivity contribution in [1.29, 1.82) is 0 Å². The average molecular weight is 344 g/mol. The number of hydroxylamine groups is 1. The summed E-state index contributed by atoms with van der Waals surface area (Å²) in [7, 11) is 0. The van der Waals surface area contributed by atoms with Gasteiger partial charge in [0.2, 0.25) is 11.8 Å². The van der Waals surface area contributed by atoms with Gasteiger partial charge in [-0.05, 0) is 24.7 Å². The van der Waals surface area contributed by atoms with Crippen LogP contribution in [0.15, 0.2) is 0 Å². The molecule has 0 spiro atoms. The van der Waals surface area contributed by atoms with E-state index in [-0.39, 0.29) is 12.5 Å². The van der Waals surface area contributed by atoms with Crippen LogP contribution in [0.2, 0.25) is 0 Å². The number of nitrogens with one attached hydrogen (secondary N) is 2. The van der Waals surface area contributed by atoms with Gasteiger partial charge in [0.15, 0.2) is 0 Å². The van der Waals surface area contributed by atoms with Gasteiger partial charge >= 0.3 is 5.97 Å². The summed E-state index contributed by atoms with van der Waals surface area (Å²) in [5.41, 5.74) is 1.05. The number of hydrogen-bond acceptors (Lipinski definition) is 5. The molecule has 0 aromatic heterocycles. The Labute approximate surface area is 144 Å². The lowest BCUT2D eigenvalue weighted by Gasteiger charge is -2.32. The molecular weight excluding hydrogens is 312 g/mol. The van der Waals surface area contributed by atoms with Gasteiger partial charge in [0, 0.05) is 11.8 Å². The fourth-order valence-corrected chi connectivity index (χ4v) is 2.43. The largest absolute Gasteiger partial charge is 0.464 e. The van der Waals surface area contributed by atoms with Gasteiger partial charge in [-0.2, -0.15) is 0 Å². The Morgan fingerprint density at radius 1 is 1.08 bits per heavy atom. The van der Waals surface area contributed by atoms with Gasteiger partial charge in [-0.3, -0.25) is 14.8 Å². The van der Waals surface area contributed by atoms with Crippen molar-refractivity contribution < 1.29 is 24.3 Å². The van der Waals surface area contributed by atoms with E-state index in [1.165, 1.54) is 0 Å². The minimum absolute atomic E-state index is 0.172. The Morgan fingerprint density at radius 2 is 1.62 bits per heavy atom. The summed E-state index contributed by atoms with van der Waals surface area (Å²) in [6.45, 7) is 12.9. The van der Waals surface area contributed by atoms with Gasteiger partial charge in [-0.1, -0.05) is 41.5 Å². The number of hydrogen-bond donors (Lipinski definition) is 3. The van der Waals surface area contributed by atoms with Crippen molar-refractivity contribution in [2.75, 3.05) is 6.61 Å². The first-order valence-electron chi connectivity index (χ1n) is 8.36. The summed E-state index contributed by atoms with van der Waals surface area (Å²) >= 11 is 0. The van der Waals surface area contributed by atoms with Crippen LogP contribution in [0.1, 0.15) is 54.9 Å². The molecule has 0 saturated heterocycles. The zero-order chi connectivity index (χ0) is 19.1. The number of carbonyl (C=O) groups is 3. The lowest BCUT2D eigenvalue weighted by molar-refractivity contribution is -0.151. The Bertz CT molecular complexity index is 443. The molecule has 24 heavy (non-hydrogen) atoms. The van der Waals surface area contributed by atoms with E-state index in [2.05, 4.69) is 5.32 Å². The number of amides is 2. The van der Waals surface area contributed by atoms with Crippen LogP contribution in [0, 0.1) is 23.2 Å². The van der Waals surface area contributed by atoms with Crippen LogP contribution in [-0.4, -0.2) is 35.6 Å². The fourth-order valence-electron chi connectivity index (χ4n) is 2.43. The van der Waals surface area contributed by atoms with Crippen molar-refractivity contribution in [3.8, 4) is 0 Å². The minimum Gasteiger partial charge on any atom is -0.464 e. The normalized spacial score (nSPS) is 15.4. The maximum atomic E-state index is 12.7. The quantitative estimate of drug-likeness (QED) is 0.354. The third-order valence-electron chi connectivity index (χ3n) is 3.86. The fraction of sp³-hybridized carbons (Fsp3) is 0.824. The van der Waals surface area contributed by atoms with Crippen LogP contribution in [0.25, 0.3) is 0 Å². The third kappa shape index (κ3) is 6.86. The van der Waals surface area contributed by atoms with E-state index in [1.807, 2.05) is 34.6 Å². The van der Waals surface area contributed by atoms with Crippen molar-refractivity contribution >= 4 is 17.8 Å². The average Bonchev–Trinajstić information content (AvgIpc) is 2.47. The summed E-state index contributed by atoms with van der Waals surface area (Å²) in [5, 5.41) is 11.6. The van der Waals surface area contributed by atoms with Crippen LogP contribution >= 0.6 is 0 Å². The zero-order valence-electron chi connectivity index (χ0n) is 15.8. The molecule has 0 bridgehead atoms. The Morgan fingerprint density at radius 3 is 2.00 bits per heavy atom. The molecule has 7 nitrogen and oxygen atoms in total. The van der Waals surface area contributed by atoms with Crippen molar-refractivity contribution in [2.24, 2.45) is 23.2 Å². The van der Waals surface area contributed by atoms with Crippen molar-refractivity contribution in [3.05, 3.63) is 0 Å². The molecule has 0 rings (SSSR count). The first-order chi connectivity index (χ1) is 10.9. The van der Waals surface area contributed by atoms with Gasteiger partial charge in [0.05, 0.1) is 6.61 Å². The first kappa shape index (κ1) is 22.4. The van der Waals surface area contributed by atoms with E-state index in [0.29, 0.717) is 6.42 Å². The monoisotopic (exact) mass is 344 g/mol. The summed E-state index contributed by atoms with van der Waals surface area (Å²) < 4.78 is 5.05. The molecule has 0 fully saturated rings. The highest BCUT2D eigenvalue weighted by molar-refractivity contribution is 5.90. The minimum atomic E-state index is -0.816. The molecule has 3 N–H and O–H groups in total. The van der Waals surface area contributed by atoms with Crippen LogP contribution in [0.3, 0.4) is 0 Å². The predicted octanol–water partition coefficient (Wildman–Crippen LogP) is 1.88. The van der Waals surface area contributed by atoms with E-state index in [1.54, 1.807) is 19.3 Å². The van der Waals surface area contributed by atoms with Crippen molar-refractivity contribution in [1.82, 2.24) is 10.8 Å². The molecule has 0 aliphatic rings. The predicted molar refractivity (Wildman–Crippen MR) is 90.1 cm³/mol. The molecule has 140 valence electrons. The Kier molecular flexibility index (Phi) is 8.96. The molecule has 0 aliphatic carbocycles. The second-order valence-corrected chi connectivity index (χ2v) is 7.56. The van der Waals surface area contributed by atoms with Crippen LogP contribution in [0.4, 0.5) is 0 Å². The second-order valence-electron chi connectivity index (χ2n) is 7.56. The van der Waals surface area contributed by atoms with Gasteiger partial charge in [-0.15, -0.1) is 0 Å². The zero-order valence-corrected chi connectivity index (χ0v) is 15.8. The van der Waals surface area contributed by atoms with Crippen LogP contribution < -0.4 is 10.8 Å². The van der Waals surface area contributed by atoms with Crippen molar-refractivity contribution in [3.63, 3.8) is 0 Å². The maximum Gasteiger partial charge on any atom is 0.329 e. The molecule has 0 aromatic rings. The number of carbonyl (C=O) groups excluding carboxylic acids is 3. The lowest BCUT2D eigenvalue weighted by atomic mass is 9.83. The summed E-state index contributed by atoms with van der Waals surface area (Å²) in [6, 6.07) is -0.816. The molecular formula is C17H32N2O5. The van der Waals surface area contributed by atoms with Gasteiger partial charge < -0.3 is 10.1 Å². The molecule has 0 heterocycles. The molecule has 7 heteroatoms. The van der Waals surface area contributed by atoms with E-state index in [4.69, 9.17) is 9.94 Å². The molecule has 2 amide bonds. The number of ether oxygens (including phenoxy) is 1.